The first-order chi connectivity index (χ1) is 19.4. The zero-order valence-electron chi connectivity index (χ0n) is 24.9. The highest BCUT2D eigenvalue weighted by atomic mass is 32.2. The second-order valence-corrected chi connectivity index (χ2v) is 13.7. The van der Waals surface area contributed by atoms with E-state index in [1.807, 2.05) is 32.0 Å². The number of hydrogen-bond donors (Lipinski definition) is 1. The van der Waals surface area contributed by atoms with Gasteiger partial charge in [-0.1, -0.05) is 63.6 Å². The molecule has 4 rings (SSSR count). The molecular formula is C33H41N3O4S. The first-order valence-corrected chi connectivity index (χ1v) is 15.7. The summed E-state index contributed by atoms with van der Waals surface area (Å²) in [6.45, 7) is 15.9. The number of anilines is 1. The van der Waals surface area contributed by atoms with E-state index in [4.69, 9.17) is 0 Å². The van der Waals surface area contributed by atoms with Crippen LogP contribution < -0.4 is 10.2 Å². The molecule has 1 aliphatic rings. The highest BCUT2D eigenvalue weighted by Crippen LogP contribution is 2.38. The van der Waals surface area contributed by atoms with Gasteiger partial charge < -0.3 is 15.1 Å². The van der Waals surface area contributed by atoms with Gasteiger partial charge in [0, 0.05) is 31.7 Å². The van der Waals surface area contributed by atoms with Gasteiger partial charge in [0.05, 0.1) is 27.6 Å². The second-order valence-electron chi connectivity index (χ2n) is 11.8. The fraction of sp³-hybridized carbons (Fsp3) is 0.394. The topological polar surface area (TPSA) is 86.8 Å². The molecule has 1 heterocycles. The van der Waals surface area contributed by atoms with Crippen LogP contribution in [0.5, 0.6) is 0 Å². The number of aryl methyl sites for hydroxylation is 2. The van der Waals surface area contributed by atoms with E-state index in [0.29, 0.717) is 30.5 Å². The van der Waals surface area contributed by atoms with Crippen molar-refractivity contribution < 1.29 is 18.0 Å². The third-order valence-corrected chi connectivity index (χ3v) is 9.11. The van der Waals surface area contributed by atoms with Crippen molar-refractivity contribution in [2.24, 2.45) is 11.8 Å². The lowest BCUT2D eigenvalue weighted by Gasteiger charge is -2.26. The number of benzene rings is 3. The summed E-state index contributed by atoms with van der Waals surface area (Å²) in [5, 5.41) is 3.00. The summed E-state index contributed by atoms with van der Waals surface area (Å²) in [6.07, 6.45) is 0. The van der Waals surface area contributed by atoms with Crippen LogP contribution in [0.4, 0.5) is 5.69 Å². The smallest absolute Gasteiger partial charge is 0.259 e. The van der Waals surface area contributed by atoms with Gasteiger partial charge in [0.15, 0.2) is 0 Å². The van der Waals surface area contributed by atoms with Gasteiger partial charge in [-0.25, -0.2) is 8.42 Å². The van der Waals surface area contributed by atoms with Gasteiger partial charge in [0.1, 0.15) is 0 Å². The minimum absolute atomic E-state index is 0.0118. The molecule has 0 saturated heterocycles. The number of carbonyl (C=O) groups excluding carboxylic acids is 2. The predicted molar refractivity (Wildman–Crippen MR) is 163 cm³/mol. The van der Waals surface area contributed by atoms with Crippen LogP contribution in [0.2, 0.25) is 0 Å². The SMILES string of the molecule is Cc1ccc(C)c(CN2C(=O)c3ccccc3S(=O)(=O)c3ccc(C(=O)NCCN(CC(C)C)CC(C)C)cc32)c1. The molecule has 0 spiro atoms. The number of nitrogens with zero attached hydrogens (tertiary/aromatic N) is 2. The quantitative estimate of drug-likeness (QED) is 0.338. The Hall–Kier alpha value is -3.49. The third-order valence-electron chi connectivity index (χ3n) is 7.25. The van der Waals surface area contributed by atoms with Crippen LogP contribution in [0.1, 0.15) is 65.1 Å². The van der Waals surface area contributed by atoms with Gasteiger partial charge in [0.2, 0.25) is 9.84 Å². The molecule has 0 unspecified atom stereocenters. The number of nitrogens with one attached hydrogen (secondary N) is 1. The second kappa shape index (κ2) is 12.6. The largest absolute Gasteiger partial charge is 0.351 e. The molecular weight excluding hydrogens is 534 g/mol. The summed E-state index contributed by atoms with van der Waals surface area (Å²) in [5.41, 5.74) is 3.58. The number of carbonyl (C=O) groups is 2. The molecule has 2 amide bonds. The molecule has 0 radical (unpaired) electrons. The monoisotopic (exact) mass is 575 g/mol. The normalized spacial score (nSPS) is 14.3. The predicted octanol–water partition coefficient (Wildman–Crippen LogP) is 5.64. The Morgan fingerprint density at radius 1 is 0.902 bits per heavy atom. The summed E-state index contributed by atoms with van der Waals surface area (Å²) in [5.74, 6) is 0.306. The van der Waals surface area contributed by atoms with E-state index in [-0.39, 0.29) is 33.5 Å². The highest BCUT2D eigenvalue weighted by Gasteiger charge is 2.36. The molecule has 0 bridgehead atoms. The standard InChI is InChI=1S/C33H41N3O4S/c1-22(2)19-35(20-23(3)4)16-15-34-32(37)26-13-14-31-29(18-26)36(21-27-17-24(5)11-12-25(27)6)33(38)28-9-7-8-10-30(28)41(31,39)40/h7-14,17-18,22-23H,15-16,19-21H2,1-6H3,(H,34,37). The number of rotatable bonds is 10. The number of amides is 2. The van der Waals surface area contributed by atoms with Gasteiger partial charge in [-0.3, -0.25) is 9.59 Å². The van der Waals surface area contributed by atoms with Crippen molar-refractivity contribution in [2.75, 3.05) is 31.1 Å². The maximum Gasteiger partial charge on any atom is 0.259 e. The maximum absolute atomic E-state index is 13.9. The average molecular weight is 576 g/mol. The lowest BCUT2D eigenvalue weighted by molar-refractivity contribution is 0.0943. The van der Waals surface area contributed by atoms with Gasteiger partial charge >= 0.3 is 0 Å². The van der Waals surface area contributed by atoms with Gasteiger partial charge in [-0.2, -0.15) is 0 Å². The lowest BCUT2D eigenvalue weighted by atomic mass is 10.0. The summed E-state index contributed by atoms with van der Waals surface area (Å²) in [4.78, 5) is 31.1. The molecule has 0 saturated carbocycles. The van der Waals surface area contributed by atoms with E-state index in [9.17, 15) is 18.0 Å². The Kier molecular flexibility index (Phi) is 9.34. The fourth-order valence-electron chi connectivity index (χ4n) is 5.37. The third kappa shape index (κ3) is 6.88. The zero-order chi connectivity index (χ0) is 29.9. The van der Waals surface area contributed by atoms with Crippen LogP contribution in [0, 0.1) is 25.7 Å². The Balaban J connectivity index is 1.70. The average Bonchev–Trinajstić information content (AvgIpc) is 2.97. The Morgan fingerprint density at radius 2 is 1.59 bits per heavy atom. The summed E-state index contributed by atoms with van der Waals surface area (Å²) >= 11 is 0. The zero-order valence-corrected chi connectivity index (χ0v) is 25.7. The minimum atomic E-state index is -4.01. The van der Waals surface area contributed by atoms with Crippen LogP contribution in [0.25, 0.3) is 0 Å². The number of sulfone groups is 1. The number of fused-ring (bicyclic) bond motifs is 2. The van der Waals surface area contributed by atoms with Crippen molar-refractivity contribution >= 4 is 27.3 Å². The number of hydrogen-bond acceptors (Lipinski definition) is 5. The Bertz CT molecular complexity index is 1540. The van der Waals surface area contributed by atoms with Crippen LogP contribution in [0.3, 0.4) is 0 Å². The van der Waals surface area contributed by atoms with Crippen molar-refractivity contribution in [3.8, 4) is 0 Å². The van der Waals surface area contributed by atoms with Crippen molar-refractivity contribution in [1.29, 1.82) is 0 Å². The Morgan fingerprint density at radius 3 is 2.27 bits per heavy atom. The van der Waals surface area contributed by atoms with Crippen LogP contribution in [-0.4, -0.2) is 51.3 Å². The molecule has 41 heavy (non-hydrogen) atoms. The van der Waals surface area contributed by atoms with Crippen molar-refractivity contribution in [1.82, 2.24) is 10.2 Å². The molecule has 218 valence electrons. The molecule has 0 fully saturated rings. The van der Waals surface area contributed by atoms with Crippen LogP contribution in [-0.2, 0) is 16.4 Å². The van der Waals surface area contributed by atoms with E-state index >= 15 is 0 Å². The first-order valence-electron chi connectivity index (χ1n) is 14.2. The molecule has 7 nitrogen and oxygen atoms in total. The van der Waals surface area contributed by atoms with E-state index in [1.165, 1.54) is 29.2 Å². The highest BCUT2D eigenvalue weighted by molar-refractivity contribution is 7.91. The molecule has 3 aromatic rings. The van der Waals surface area contributed by atoms with Gasteiger partial charge in [-0.15, -0.1) is 0 Å². The minimum Gasteiger partial charge on any atom is -0.351 e. The van der Waals surface area contributed by atoms with E-state index in [1.54, 1.807) is 18.2 Å². The molecule has 8 heteroatoms. The summed E-state index contributed by atoms with van der Waals surface area (Å²) in [7, 11) is -4.01. The van der Waals surface area contributed by atoms with Crippen LogP contribution >= 0.6 is 0 Å². The van der Waals surface area contributed by atoms with Crippen molar-refractivity contribution in [3.05, 3.63) is 88.5 Å². The lowest BCUT2D eigenvalue weighted by Crippen LogP contribution is -2.38. The van der Waals surface area contributed by atoms with E-state index < -0.39 is 15.7 Å². The Labute approximate surface area is 244 Å². The maximum atomic E-state index is 13.9. The van der Waals surface area contributed by atoms with Gasteiger partial charge in [-0.05, 0) is 67.1 Å². The van der Waals surface area contributed by atoms with Gasteiger partial charge in [0.25, 0.3) is 11.8 Å². The molecule has 0 atom stereocenters. The molecule has 1 aliphatic heterocycles. The fourth-order valence-corrected chi connectivity index (χ4v) is 7.00. The first kappa shape index (κ1) is 30.5. The van der Waals surface area contributed by atoms with Crippen molar-refractivity contribution in [3.63, 3.8) is 0 Å². The van der Waals surface area contributed by atoms with E-state index in [2.05, 4.69) is 37.9 Å². The van der Waals surface area contributed by atoms with Crippen LogP contribution in [0.15, 0.2) is 70.5 Å². The van der Waals surface area contributed by atoms with E-state index in [0.717, 1.165) is 29.8 Å². The molecule has 3 aromatic carbocycles. The molecule has 1 N–H and O–H groups in total. The summed E-state index contributed by atoms with van der Waals surface area (Å²) < 4.78 is 27.6. The molecule has 0 aliphatic carbocycles. The van der Waals surface area contributed by atoms with Crippen molar-refractivity contribution in [2.45, 2.75) is 57.9 Å². The molecule has 0 aromatic heterocycles. The summed E-state index contributed by atoms with van der Waals surface area (Å²) in [6, 6.07) is 16.8.